The maximum Gasteiger partial charge on any atom is 0.456 e. The highest BCUT2D eigenvalue weighted by atomic mass is 19.4. The molecule has 0 radical (unpaired) electrons. The summed E-state index contributed by atoms with van der Waals surface area (Å²) >= 11 is 0. The van der Waals surface area contributed by atoms with Gasteiger partial charge in [-0.1, -0.05) is 50.6 Å². The Labute approximate surface area is 250 Å². The summed E-state index contributed by atoms with van der Waals surface area (Å²) in [6.07, 6.45) is -2.16. The molecule has 43 heavy (non-hydrogen) atoms. The van der Waals surface area contributed by atoms with Crippen molar-refractivity contribution in [3.05, 3.63) is 46.5 Å². The fourth-order valence-corrected chi connectivity index (χ4v) is 9.75. The largest absolute Gasteiger partial charge is 0.456 e. The standard InChI is InChI=1S/C34H43F5O4/c1-28(2)18-42-31(43-19-28)13-10-26-27-23(9-12-30(26,40)17-31)25-11-14-32(41,33(35,36)34(37,38)39)29(25,3)16-24(27)22-6-4-5-21(15-22)20-7-8-20/h4-6,15,20,23-25,40-41H,7-14,16-19H2,1-3H3/t23?,24-,25?,29+,30?,32+/m1/s1. The van der Waals surface area contributed by atoms with Gasteiger partial charge in [-0.25, -0.2) is 0 Å². The fraction of sp³-hybridized carbons (Fsp3) is 0.765. The van der Waals surface area contributed by atoms with E-state index in [1.807, 2.05) is 18.2 Å². The van der Waals surface area contributed by atoms with Gasteiger partial charge in [0.25, 0.3) is 0 Å². The molecular formula is C34H43F5O4. The third-order valence-electron chi connectivity index (χ3n) is 12.3. The molecule has 2 N–H and O–H groups in total. The van der Waals surface area contributed by atoms with E-state index < -0.39 is 52.8 Å². The van der Waals surface area contributed by atoms with Crippen molar-refractivity contribution in [2.24, 2.45) is 22.7 Å². The molecule has 7 rings (SSSR count). The SMILES string of the molecule is CC1(C)COC2(CCC3=C4C(CCC3(O)C2)C2CC[C@@](O)(C(F)(F)C(F)(F)F)[C@@]2(C)C[C@@H]4c2cccc(C3CC3)c2)OC1. The molecule has 3 unspecified atom stereocenters. The Morgan fingerprint density at radius 3 is 2.19 bits per heavy atom. The molecule has 0 bridgehead atoms. The Hall–Kier alpha value is -1.55. The van der Waals surface area contributed by atoms with Crippen molar-refractivity contribution in [1.29, 1.82) is 0 Å². The Balaban J connectivity index is 1.34. The summed E-state index contributed by atoms with van der Waals surface area (Å²) in [7, 11) is 0. The lowest BCUT2D eigenvalue weighted by molar-refractivity contribution is -0.362. The first kappa shape index (κ1) is 30.1. The number of allylic oxidation sites excluding steroid dienone is 1. The van der Waals surface area contributed by atoms with Crippen molar-refractivity contribution in [3.63, 3.8) is 0 Å². The number of alkyl halides is 5. The van der Waals surface area contributed by atoms with Crippen molar-refractivity contribution >= 4 is 0 Å². The maximum atomic E-state index is 15.3. The molecular weight excluding hydrogens is 567 g/mol. The van der Waals surface area contributed by atoms with Crippen LogP contribution in [0.2, 0.25) is 0 Å². The van der Waals surface area contributed by atoms with E-state index in [1.165, 1.54) is 6.92 Å². The molecule has 4 saturated carbocycles. The van der Waals surface area contributed by atoms with Crippen LogP contribution >= 0.6 is 0 Å². The lowest BCUT2D eigenvalue weighted by Gasteiger charge is -2.59. The van der Waals surface area contributed by atoms with Crippen LogP contribution in [0.15, 0.2) is 35.4 Å². The first-order valence-electron chi connectivity index (χ1n) is 15.9. The number of aliphatic hydroxyl groups is 2. The monoisotopic (exact) mass is 610 g/mol. The molecule has 1 aliphatic heterocycles. The van der Waals surface area contributed by atoms with Crippen LogP contribution in [0.25, 0.3) is 0 Å². The Kier molecular flexibility index (Phi) is 6.49. The Morgan fingerprint density at radius 1 is 0.860 bits per heavy atom. The third kappa shape index (κ3) is 4.34. The van der Waals surface area contributed by atoms with Gasteiger partial charge in [0.15, 0.2) is 5.79 Å². The van der Waals surface area contributed by atoms with E-state index >= 15 is 8.78 Å². The molecule has 5 fully saturated rings. The first-order valence-corrected chi connectivity index (χ1v) is 15.9. The van der Waals surface area contributed by atoms with E-state index in [9.17, 15) is 23.4 Å². The Bertz CT molecular complexity index is 1320. The molecule has 1 heterocycles. The number of ether oxygens (including phenoxy) is 2. The molecule has 0 amide bonds. The minimum Gasteiger partial charge on any atom is -0.385 e. The van der Waals surface area contributed by atoms with Crippen molar-refractivity contribution in [2.45, 2.75) is 126 Å². The molecule has 1 aromatic carbocycles. The summed E-state index contributed by atoms with van der Waals surface area (Å²) < 4.78 is 84.8. The molecule has 6 aliphatic rings. The van der Waals surface area contributed by atoms with Crippen LogP contribution in [0.5, 0.6) is 0 Å². The van der Waals surface area contributed by atoms with Crippen LogP contribution in [-0.4, -0.2) is 52.5 Å². The van der Waals surface area contributed by atoms with Crippen LogP contribution in [0.4, 0.5) is 22.0 Å². The zero-order chi connectivity index (χ0) is 30.8. The van der Waals surface area contributed by atoms with Gasteiger partial charge in [0.2, 0.25) is 0 Å². The average Bonchev–Trinajstić information content (AvgIpc) is 3.74. The van der Waals surface area contributed by atoms with Crippen LogP contribution in [0.1, 0.15) is 108 Å². The van der Waals surface area contributed by atoms with Gasteiger partial charge in [0.05, 0.1) is 18.8 Å². The van der Waals surface area contributed by atoms with E-state index in [2.05, 4.69) is 19.9 Å². The summed E-state index contributed by atoms with van der Waals surface area (Å²) in [5.74, 6) is -7.05. The predicted molar refractivity (Wildman–Crippen MR) is 150 cm³/mol. The molecule has 4 nitrogen and oxygen atoms in total. The van der Waals surface area contributed by atoms with E-state index in [0.717, 1.165) is 35.1 Å². The minimum atomic E-state index is -5.86. The lowest BCUT2D eigenvalue weighted by atomic mass is 9.49. The van der Waals surface area contributed by atoms with Crippen molar-refractivity contribution in [3.8, 4) is 0 Å². The molecule has 1 spiro atoms. The number of benzene rings is 1. The summed E-state index contributed by atoms with van der Waals surface area (Å²) in [5, 5.41) is 23.8. The topological polar surface area (TPSA) is 58.9 Å². The summed E-state index contributed by atoms with van der Waals surface area (Å²) in [5.41, 5.74) is -2.33. The van der Waals surface area contributed by atoms with Gasteiger partial charge in [-0.15, -0.1) is 0 Å². The zero-order valence-corrected chi connectivity index (χ0v) is 25.2. The average molecular weight is 611 g/mol. The normalized spacial score (nSPS) is 40.7. The van der Waals surface area contributed by atoms with E-state index in [-0.39, 0.29) is 30.6 Å². The van der Waals surface area contributed by atoms with Gasteiger partial charge in [-0.05, 0) is 85.8 Å². The predicted octanol–water partition coefficient (Wildman–Crippen LogP) is 7.79. The van der Waals surface area contributed by atoms with Gasteiger partial charge < -0.3 is 19.7 Å². The molecule has 1 aromatic rings. The second-order valence-corrected chi connectivity index (χ2v) is 15.6. The van der Waals surface area contributed by atoms with Gasteiger partial charge in [-0.3, -0.25) is 0 Å². The van der Waals surface area contributed by atoms with Crippen molar-refractivity contribution in [2.75, 3.05) is 13.2 Å². The maximum absolute atomic E-state index is 15.3. The number of hydrogen-bond donors (Lipinski definition) is 2. The van der Waals surface area contributed by atoms with Gasteiger partial charge >= 0.3 is 12.1 Å². The smallest absolute Gasteiger partial charge is 0.385 e. The summed E-state index contributed by atoms with van der Waals surface area (Å²) in [6, 6.07) is 8.02. The van der Waals surface area contributed by atoms with Gasteiger partial charge in [0, 0.05) is 29.6 Å². The summed E-state index contributed by atoms with van der Waals surface area (Å²) in [6.45, 7) is 6.63. The zero-order valence-electron chi connectivity index (χ0n) is 25.2. The highest BCUT2D eigenvalue weighted by Gasteiger charge is 2.79. The van der Waals surface area contributed by atoms with Gasteiger partial charge in [0.1, 0.15) is 5.60 Å². The van der Waals surface area contributed by atoms with Crippen LogP contribution in [0, 0.1) is 22.7 Å². The van der Waals surface area contributed by atoms with Crippen molar-refractivity contribution in [1.82, 2.24) is 0 Å². The van der Waals surface area contributed by atoms with Crippen LogP contribution in [-0.2, 0) is 9.47 Å². The number of fused-ring (bicyclic) bond motifs is 4. The second-order valence-electron chi connectivity index (χ2n) is 15.6. The Morgan fingerprint density at radius 2 is 1.53 bits per heavy atom. The quantitative estimate of drug-likeness (QED) is 0.271. The van der Waals surface area contributed by atoms with E-state index in [0.29, 0.717) is 44.8 Å². The minimum absolute atomic E-state index is 0.0360. The van der Waals surface area contributed by atoms with Crippen LogP contribution in [0.3, 0.4) is 0 Å². The van der Waals surface area contributed by atoms with E-state index in [1.54, 1.807) is 0 Å². The molecule has 9 heteroatoms. The van der Waals surface area contributed by atoms with E-state index in [4.69, 9.17) is 9.47 Å². The highest BCUT2D eigenvalue weighted by molar-refractivity contribution is 5.45. The fourth-order valence-electron chi connectivity index (χ4n) is 9.75. The third-order valence-corrected chi connectivity index (χ3v) is 12.3. The molecule has 0 aromatic heterocycles. The molecule has 1 saturated heterocycles. The van der Waals surface area contributed by atoms with Crippen molar-refractivity contribution < 1.29 is 41.6 Å². The molecule has 238 valence electrons. The number of halogens is 5. The number of hydrogen-bond acceptors (Lipinski definition) is 4. The lowest BCUT2D eigenvalue weighted by Crippen LogP contribution is -2.65. The number of rotatable bonds is 3. The summed E-state index contributed by atoms with van der Waals surface area (Å²) in [4.78, 5) is 0. The molecule has 5 aliphatic carbocycles. The highest BCUT2D eigenvalue weighted by Crippen LogP contribution is 2.71. The second kappa shape index (κ2) is 9.26. The first-order chi connectivity index (χ1) is 19.9. The molecule has 6 atom stereocenters. The van der Waals surface area contributed by atoms with Gasteiger partial charge in [-0.2, -0.15) is 22.0 Å². The van der Waals surface area contributed by atoms with Crippen LogP contribution < -0.4 is 0 Å².